The van der Waals surface area contributed by atoms with Crippen LogP contribution in [0.4, 0.5) is 0 Å². The second-order valence-electron chi connectivity index (χ2n) is 6.48. The third-order valence-corrected chi connectivity index (χ3v) is 5.49. The molecule has 160 valence electrons. The van der Waals surface area contributed by atoms with Crippen LogP contribution in [-0.2, 0) is 9.47 Å². The number of fused-ring (bicyclic) bond motifs is 1. The van der Waals surface area contributed by atoms with Crippen molar-refractivity contribution in [2.75, 3.05) is 33.9 Å². The van der Waals surface area contributed by atoms with Gasteiger partial charge in [0.2, 0.25) is 5.43 Å². The lowest BCUT2D eigenvalue weighted by Crippen LogP contribution is -2.37. The molecule has 0 saturated carbocycles. The smallest absolute Gasteiger partial charge is 0.343 e. The maximum absolute atomic E-state index is 12.4. The van der Waals surface area contributed by atoms with E-state index in [1.54, 1.807) is 43.1 Å². The van der Waals surface area contributed by atoms with Gasteiger partial charge in [0.05, 0.1) is 18.1 Å². The van der Waals surface area contributed by atoms with Crippen LogP contribution in [0.2, 0.25) is 0 Å². The van der Waals surface area contributed by atoms with E-state index in [1.807, 2.05) is 12.4 Å². The summed E-state index contributed by atoms with van der Waals surface area (Å²) < 4.78 is 11.8. The number of nitrogens with zero attached hydrogens (tertiary/aromatic N) is 3. The van der Waals surface area contributed by atoms with E-state index in [4.69, 9.17) is 9.47 Å². The van der Waals surface area contributed by atoms with Gasteiger partial charge in [-0.15, -0.1) is 11.3 Å². The zero-order chi connectivity index (χ0) is 21.5. The van der Waals surface area contributed by atoms with Crippen molar-refractivity contribution in [2.45, 2.75) is 19.1 Å². The van der Waals surface area contributed by atoms with Gasteiger partial charge in [-0.25, -0.2) is 14.8 Å². The Bertz CT molecular complexity index is 1030. The van der Waals surface area contributed by atoms with Gasteiger partial charge in [-0.05, 0) is 26.1 Å². The van der Waals surface area contributed by atoms with Crippen LogP contribution in [0.5, 0.6) is 0 Å². The summed E-state index contributed by atoms with van der Waals surface area (Å²) in [6.45, 7) is 3.90. The molecule has 10 heteroatoms. The van der Waals surface area contributed by atoms with Crippen LogP contribution in [0.25, 0.3) is 16.2 Å². The van der Waals surface area contributed by atoms with Gasteiger partial charge in [0, 0.05) is 50.2 Å². The summed E-state index contributed by atoms with van der Waals surface area (Å²) in [7, 11) is 3.71. The zero-order valence-corrected chi connectivity index (χ0v) is 17.9. The largest absolute Gasteiger partial charge is 0.462 e. The van der Waals surface area contributed by atoms with Crippen molar-refractivity contribution >= 4 is 28.3 Å². The summed E-state index contributed by atoms with van der Waals surface area (Å²) in [5.41, 5.74) is 0.0578. The molecule has 0 spiro atoms. The topological polar surface area (TPSA) is 107 Å². The molecular formula is C20H25N5O4S. The standard InChI is InChI=1S/C14H11N3O3S.C6H14N2O/c1-2-20-13(19)10-8-17(14-16-6-7-21-14)12-9(11(10)18)4-3-5-15-12;1-7-5-3-8-4-6(5)9-2/h3-8H,2H2,1H3;5-8H,3-4H2,1-2H3. The second kappa shape index (κ2) is 10.4. The molecule has 2 N–H and O–H groups in total. The Morgan fingerprint density at radius 2 is 2.20 bits per heavy atom. The van der Waals surface area contributed by atoms with E-state index >= 15 is 0 Å². The highest BCUT2D eigenvalue weighted by Crippen LogP contribution is 2.17. The van der Waals surface area contributed by atoms with Crippen molar-refractivity contribution in [3.63, 3.8) is 0 Å². The Hall–Kier alpha value is -2.66. The fourth-order valence-corrected chi connectivity index (χ4v) is 3.80. The monoisotopic (exact) mass is 431 g/mol. The number of nitrogens with one attached hydrogen (secondary N) is 2. The lowest BCUT2D eigenvalue weighted by atomic mass is 10.2. The zero-order valence-electron chi connectivity index (χ0n) is 17.1. The van der Waals surface area contributed by atoms with Gasteiger partial charge in [-0.2, -0.15) is 0 Å². The highest BCUT2D eigenvalue weighted by Gasteiger charge is 2.24. The van der Waals surface area contributed by atoms with Crippen LogP contribution in [0.3, 0.4) is 0 Å². The summed E-state index contributed by atoms with van der Waals surface area (Å²) >= 11 is 1.39. The molecule has 0 aromatic carbocycles. The van der Waals surface area contributed by atoms with Gasteiger partial charge >= 0.3 is 5.97 Å². The maximum atomic E-state index is 12.4. The van der Waals surface area contributed by atoms with Crippen LogP contribution in [0.15, 0.2) is 40.9 Å². The van der Waals surface area contributed by atoms with Gasteiger partial charge < -0.3 is 20.1 Å². The summed E-state index contributed by atoms with van der Waals surface area (Å²) in [6.07, 6.45) is 5.04. The van der Waals surface area contributed by atoms with Crippen LogP contribution in [-0.4, -0.2) is 66.5 Å². The lowest BCUT2D eigenvalue weighted by molar-refractivity contribution is 0.0524. The number of likely N-dealkylation sites (N-methyl/N-ethyl adjacent to an activating group) is 1. The molecule has 3 aromatic heterocycles. The minimum absolute atomic E-state index is 0.0208. The Balaban J connectivity index is 0.000000239. The fourth-order valence-electron chi connectivity index (χ4n) is 3.19. The number of carbonyl (C=O) groups excluding carboxylic acids is 1. The molecule has 1 aliphatic heterocycles. The summed E-state index contributed by atoms with van der Waals surface area (Å²) in [5.74, 6) is -0.640. The van der Waals surface area contributed by atoms with Crippen LogP contribution in [0.1, 0.15) is 17.3 Å². The maximum Gasteiger partial charge on any atom is 0.343 e. The van der Waals surface area contributed by atoms with Crippen molar-refractivity contribution in [3.05, 3.63) is 51.9 Å². The SMILES string of the molecule is CCOC(=O)c1cn(-c2nccs2)c2ncccc2c1=O.CNC1CNCC1OC. The highest BCUT2D eigenvalue weighted by molar-refractivity contribution is 7.12. The number of thiazole rings is 1. The number of aromatic nitrogens is 3. The first kappa shape index (κ1) is 22.0. The quantitative estimate of drug-likeness (QED) is 0.581. The van der Waals surface area contributed by atoms with Crippen molar-refractivity contribution in [3.8, 4) is 5.13 Å². The Kier molecular flexibility index (Phi) is 7.63. The molecule has 0 bridgehead atoms. The van der Waals surface area contributed by atoms with Gasteiger partial charge in [0.15, 0.2) is 5.13 Å². The van der Waals surface area contributed by atoms with Gasteiger partial charge in [-0.3, -0.25) is 9.36 Å². The highest BCUT2D eigenvalue weighted by atomic mass is 32.1. The molecule has 1 fully saturated rings. The van der Waals surface area contributed by atoms with E-state index in [1.165, 1.54) is 17.5 Å². The molecule has 9 nitrogen and oxygen atoms in total. The Morgan fingerprint density at radius 3 is 2.83 bits per heavy atom. The van der Waals surface area contributed by atoms with Crippen LogP contribution in [0, 0.1) is 0 Å². The van der Waals surface area contributed by atoms with Gasteiger partial charge in [0.25, 0.3) is 0 Å². The molecule has 4 rings (SSSR count). The van der Waals surface area contributed by atoms with E-state index in [0.29, 0.717) is 28.3 Å². The molecule has 0 aliphatic carbocycles. The molecule has 2 atom stereocenters. The number of carbonyl (C=O) groups is 1. The summed E-state index contributed by atoms with van der Waals surface area (Å²) in [5, 5.41) is 9.21. The molecule has 0 radical (unpaired) electrons. The number of hydrogen-bond donors (Lipinski definition) is 2. The summed E-state index contributed by atoms with van der Waals surface area (Å²) in [6, 6.07) is 3.79. The van der Waals surface area contributed by atoms with E-state index < -0.39 is 5.97 Å². The van der Waals surface area contributed by atoms with E-state index in [9.17, 15) is 9.59 Å². The first-order valence-corrected chi connectivity index (χ1v) is 10.5. The average Bonchev–Trinajstić information content (AvgIpc) is 3.46. The first-order chi connectivity index (χ1) is 14.6. The van der Waals surface area contributed by atoms with E-state index in [2.05, 4.69) is 20.6 Å². The molecule has 30 heavy (non-hydrogen) atoms. The predicted molar refractivity (Wildman–Crippen MR) is 115 cm³/mol. The van der Waals surface area contributed by atoms with Crippen LogP contribution >= 0.6 is 11.3 Å². The average molecular weight is 432 g/mol. The Morgan fingerprint density at radius 1 is 1.37 bits per heavy atom. The van der Waals surface area contributed by atoms with Crippen molar-refractivity contribution < 1.29 is 14.3 Å². The number of rotatable bonds is 5. The first-order valence-electron chi connectivity index (χ1n) is 9.58. The molecule has 1 saturated heterocycles. The number of pyridine rings is 2. The number of esters is 1. The van der Waals surface area contributed by atoms with Crippen molar-refractivity contribution in [1.82, 2.24) is 25.2 Å². The lowest BCUT2D eigenvalue weighted by Gasteiger charge is -2.14. The van der Waals surface area contributed by atoms with Crippen molar-refractivity contribution in [1.29, 1.82) is 0 Å². The number of hydrogen-bond acceptors (Lipinski definition) is 9. The number of ether oxygens (including phenoxy) is 2. The van der Waals surface area contributed by atoms with Crippen molar-refractivity contribution in [2.24, 2.45) is 0 Å². The third kappa shape index (κ3) is 4.73. The second-order valence-corrected chi connectivity index (χ2v) is 7.35. The predicted octanol–water partition coefficient (Wildman–Crippen LogP) is 1.21. The molecule has 3 aromatic rings. The van der Waals surface area contributed by atoms with Gasteiger partial charge in [-0.1, -0.05) is 0 Å². The fraction of sp³-hybridized carbons (Fsp3) is 0.400. The molecule has 1 aliphatic rings. The molecular weight excluding hydrogens is 406 g/mol. The Labute approximate surface area is 178 Å². The van der Waals surface area contributed by atoms with Crippen LogP contribution < -0.4 is 16.1 Å². The minimum atomic E-state index is -0.640. The van der Waals surface area contributed by atoms with Gasteiger partial charge in [0.1, 0.15) is 11.2 Å². The third-order valence-electron chi connectivity index (χ3n) is 4.72. The molecule has 0 amide bonds. The normalized spacial score (nSPS) is 18.1. The summed E-state index contributed by atoms with van der Waals surface area (Å²) in [4.78, 5) is 32.8. The van der Waals surface area contributed by atoms with E-state index in [-0.39, 0.29) is 17.6 Å². The van der Waals surface area contributed by atoms with E-state index in [0.717, 1.165) is 13.1 Å². The minimum Gasteiger partial charge on any atom is -0.462 e. The molecule has 4 heterocycles. The number of methoxy groups -OCH3 is 1. The molecule has 2 unspecified atom stereocenters.